The third kappa shape index (κ3) is 3.65. The number of rotatable bonds is 6. The first-order chi connectivity index (χ1) is 6.87. The van der Waals surface area contributed by atoms with Crippen LogP contribution in [-0.2, 0) is 4.79 Å². The normalized spacial score (nSPS) is 11.9. The fourth-order valence-corrected chi connectivity index (χ4v) is 0.990. The van der Waals surface area contributed by atoms with Crippen molar-refractivity contribution < 1.29 is 22.4 Å². The van der Waals surface area contributed by atoms with Crippen molar-refractivity contribution in [2.45, 2.75) is 25.7 Å². The second kappa shape index (κ2) is 5.89. The number of hydrogen-bond acceptors (Lipinski definition) is 2. The van der Waals surface area contributed by atoms with Crippen molar-refractivity contribution in [2.24, 2.45) is 5.73 Å². The maximum absolute atomic E-state index is 12.6. The van der Waals surface area contributed by atoms with E-state index in [-0.39, 0.29) is 19.6 Å². The van der Waals surface area contributed by atoms with Gasteiger partial charge in [0.2, 0.25) is 0 Å². The van der Waals surface area contributed by atoms with Gasteiger partial charge in [-0.3, -0.25) is 4.79 Å². The number of nitrogens with zero attached hydrogens (tertiary/aromatic N) is 1. The second-order valence-corrected chi connectivity index (χ2v) is 2.95. The number of hydrogen-bond donors (Lipinski definition) is 1. The van der Waals surface area contributed by atoms with Crippen molar-refractivity contribution in [2.75, 3.05) is 19.6 Å². The van der Waals surface area contributed by atoms with Crippen LogP contribution in [0.5, 0.6) is 0 Å². The van der Waals surface area contributed by atoms with Gasteiger partial charge in [0.25, 0.3) is 5.91 Å². The summed E-state index contributed by atoms with van der Waals surface area (Å²) in [5.74, 6) is -6.45. The van der Waals surface area contributed by atoms with E-state index in [1.54, 1.807) is 0 Å². The topological polar surface area (TPSA) is 46.3 Å². The molecule has 15 heavy (non-hydrogen) atoms. The molecule has 0 bridgehead atoms. The van der Waals surface area contributed by atoms with E-state index in [1.807, 2.05) is 0 Å². The first kappa shape index (κ1) is 14.2. The Bertz CT molecular complexity index is 211. The minimum atomic E-state index is -4.61. The van der Waals surface area contributed by atoms with E-state index in [9.17, 15) is 22.4 Å². The molecule has 0 radical (unpaired) electrons. The fraction of sp³-hybridized carbons (Fsp3) is 0.875. The first-order valence-corrected chi connectivity index (χ1v) is 4.53. The van der Waals surface area contributed by atoms with E-state index in [4.69, 9.17) is 5.73 Å². The average molecular weight is 230 g/mol. The molecular formula is C8H14F4N2O. The molecule has 0 fully saturated rings. The Kier molecular flexibility index (Phi) is 5.56. The van der Waals surface area contributed by atoms with Crippen LogP contribution in [0, 0.1) is 0 Å². The lowest BCUT2D eigenvalue weighted by Crippen LogP contribution is -2.48. The van der Waals surface area contributed by atoms with Crippen LogP contribution in [0.2, 0.25) is 0 Å². The Morgan fingerprint density at radius 3 is 2.33 bits per heavy atom. The Morgan fingerprint density at radius 1 is 1.47 bits per heavy atom. The van der Waals surface area contributed by atoms with Gasteiger partial charge in [-0.25, -0.2) is 8.78 Å². The van der Waals surface area contributed by atoms with Gasteiger partial charge in [-0.05, 0) is 19.9 Å². The quantitative estimate of drug-likeness (QED) is 0.694. The van der Waals surface area contributed by atoms with Gasteiger partial charge in [-0.1, -0.05) is 0 Å². The van der Waals surface area contributed by atoms with Crippen LogP contribution in [-0.4, -0.2) is 42.8 Å². The summed E-state index contributed by atoms with van der Waals surface area (Å²) in [5, 5.41) is 0. The van der Waals surface area contributed by atoms with Gasteiger partial charge < -0.3 is 10.6 Å². The molecule has 0 rings (SSSR count). The number of halogens is 4. The van der Waals surface area contributed by atoms with E-state index in [1.165, 1.54) is 6.92 Å². The van der Waals surface area contributed by atoms with E-state index in [0.717, 1.165) is 0 Å². The minimum Gasteiger partial charge on any atom is -0.338 e. The van der Waals surface area contributed by atoms with Gasteiger partial charge in [0.15, 0.2) is 0 Å². The zero-order valence-corrected chi connectivity index (χ0v) is 8.35. The maximum Gasteiger partial charge on any atom is 0.383 e. The van der Waals surface area contributed by atoms with Crippen molar-refractivity contribution in [3.05, 3.63) is 0 Å². The zero-order valence-electron chi connectivity index (χ0n) is 8.35. The molecule has 0 aromatic carbocycles. The van der Waals surface area contributed by atoms with Crippen LogP contribution in [0.4, 0.5) is 17.6 Å². The largest absolute Gasteiger partial charge is 0.383 e. The number of alkyl halides is 4. The highest BCUT2D eigenvalue weighted by molar-refractivity contribution is 5.83. The number of carbonyl (C=O) groups excluding carboxylic acids is 1. The molecule has 1 amide bonds. The van der Waals surface area contributed by atoms with Crippen LogP contribution in [0.15, 0.2) is 0 Å². The second-order valence-electron chi connectivity index (χ2n) is 2.95. The lowest BCUT2D eigenvalue weighted by molar-refractivity contribution is -0.180. The smallest absolute Gasteiger partial charge is 0.338 e. The molecule has 0 atom stereocenters. The van der Waals surface area contributed by atoms with Gasteiger partial charge in [0, 0.05) is 13.1 Å². The van der Waals surface area contributed by atoms with Crippen LogP contribution in [0.3, 0.4) is 0 Å². The standard InChI is InChI=1S/C8H14F4N2O/c1-2-14(5-3-4-13)7(15)8(11,12)6(9)10/h6H,2-5,13H2,1H3. The number of nitrogens with two attached hydrogens (primary N) is 1. The average Bonchev–Trinajstić information content (AvgIpc) is 2.18. The summed E-state index contributed by atoms with van der Waals surface area (Å²) < 4.78 is 49.0. The highest BCUT2D eigenvalue weighted by atomic mass is 19.3. The monoisotopic (exact) mass is 230 g/mol. The summed E-state index contributed by atoms with van der Waals surface area (Å²) in [4.78, 5) is 11.7. The van der Waals surface area contributed by atoms with Gasteiger partial charge >= 0.3 is 12.3 Å². The Labute approximate surface area is 85.2 Å². The Balaban J connectivity index is 4.50. The van der Waals surface area contributed by atoms with Crippen LogP contribution in [0.25, 0.3) is 0 Å². The third-order valence-corrected chi connectivity index (χ3v) is 1.86. The lowest BCUT2D eigenvalue weighted by atomic mass is 10.2. The van der Waals surface area contributed by atoms with Crippen molar-refractivity contribution in [3.8, 4) is 0 Å². The fourth-order valence-electron chi connectivity index (χ4n) is 0.990. The molecule has 0 spiro atoms. The zero-order chi connectivity index (χ0) is 12.1. The minimum absolute atomic E-state index is 0.0336. The predicted octanol–water partition coefficient (Wildman–Crippen LogP) is 1.08. The van der Waals surface area contributed by atoms with Gasteiger partial charge in [0.05, 0.1) is 0 Å². The van der Waals surface area contributed by atoms with Gasteiger partial charge in [-0.2, -0.15) is 8.78 Å². The highest BCUT2D eigenvalue weighted by Gasteiger charge is 2.50. The van der Waals surface area contributed by atoms with Crippen LogP contribution >= 0.6 is 0 Å². The molecule has 0 saturated heterocycles. The number of amides is 1. The molecule has 0 aliphatic rings. The number of carbonyl (C=O) groups is 1. The molecule has 0 aliphatic carbocycles. The van der Waals surface area contributed by atoms with Gasteiger partial charge in [0.1, 0.15) is 0 Å². The van der Waals surface area contributed by atoms with Crippen molar-refractivity contribution in [3.63, 3.8) is 0 Å². The summed E-state index contributed by atoms with van der Waals surface area (Å²) >= 11 is 0. The summed E-state index contributed by atoms with van der Waals surface area (Å²) in [6.45, 7) is 1.58. The van der Waals surface area contributed by atoms with Gasteiger partial charge in [-0.15, -0.1) is 0 Å². The van der Waals surface area contributed by atoms with Crippen molar-refractivity contribution in [1.29, 1.82) is 0 Å². The molecule has 90 valence electrons. The molecule has 0 heterocycles. The molecule has 7 heteroatoms. The summed E-state index contributed by atoms with van der Waals surface area (Å²) in [7, 11) is 0. The van der Waals surface area contributed by atoms with Crippen LogP contribution in [0.1, 0.15) is 13.3 Å². The van der Waals surface area contributed by atoms with Crippen molar-refractivity contribution >= 4 is 5.91 Å². The first-order valence-electron chi connectivity index (χ1n) is 4.53. The van der Waals surface area contributed by atoms with Crippen LogP contribution < -0.4 is 5.73 Å². The SMILES string of the molecule is CCN(CCCN)C(=O)C(F)(F)C(F)F. The molecule has 3 nitrogen and oxygen atoms in total. The molecule has 0 aromatic heterocycles. The molecule has 0 aliphatic heterocycles. The lowest BCUT2D eigenvalue weighted by Gasteiger charge is -2.25. The van der Waals surface area contributed by atoms with Crippen molar-refractivity contribution in [1.82, 2.24) is 4.90 Å². The molecule has 2 N–H and O–H groups in total. The van der Waals surface area contributed by atoms with E-state index >= 15 is 0 Å². The maximum atomic E-state index is 12.6. The molecule has 0 unspecified atom stereocenters. The Morgan fingerprint density at radius 2 is 2.00 bits per heavy atom. The highest BCUT2D eigenvalue weighted by Crippen LogP contribution is 2.25. The third-order valence-electron chi connectivity index (χ3n) is 1.86. The summed E-state index contributed by atoms with van der Waals surface area (Å²) in [6, 6.07) is 0. The predicted molar refractivity (Wildman–Crippen MR) is 46.9 cm³/mol. The molecular weight excluding hydrogens is 216 g/mol. The summed E-state index contributed by atoms with van der Waals surface area (Å²) in [5.41, 5.74) is 5.13. The summed E-state index contributed by atoms with van der Waals surface area (Å²) in [6.07, 6.45) is -3.67. The van der Waals surface area contributed by atoms with E-state index in [0.29, 0.717) is 11.3 Å². The molecule has 0 saturated carbocycles. The molecule has 0 aromatic rings. The Hall–Kier alpha value is -0.850. The van der Waals surface area contributed by atoms with E-state index < -0.39 is 18.3 Å². The van der Waals surface area contributed by atoms with E-state index in [2.05, 4.69) is 0 Å².